The first-order chi connectivity index (χ1) is 10.3. The summed E-state index contributed by atoms with van der Waals surface area (Å²) in [6, 6.07) is 16.6. The summed E-state index contributed by atoms with van der Waals surface area (Å²) in [5.74, 6) is 1.17. The van der Waals surface area contributed by atoms with Gasteiger partial charge in [0.15, 0.2) is 10.8 Å². The largest absolute Gasteiger partial charge is 0.497 e. The molecule has 3 aromatic rings. The highest BCUT2D eigenvalue weighted by atomic mass is 32.1. The second-order valence-electron chi connectivity index (χ2n) is 4.35. The Morgan fingerprint density at radius 3 is 2.43 bits per heavy atom. The lowest BCUT2D eigenvalue weighted by Crippen LogP contribution is -2.00. The number of rotatable bonds is 4. The molecule has 2 aromatic carbocycles. The number of benzene rings is 2. The fraction of sp³-hybridized carbons (Fsp3) is 0.0625. The number of ketones is 1. The standard InChI is InChI=1S/C16H12N2O2S/c1-20-13-9-7-11(8-10-13)14(19)16-17-15(18-21-16)12-5-3-2-4-6-12/h2-10H,1H3. The van der Waals surface area contributed by atoms with Crippen molar-refractivity contribution in [2.24, 2.45) is 0 Å². The molecule has 4 nitrogen and oxygen atoms in total. The first-order valence-corrected chi connectivity index (χ1v) is 7.13. The van der Waals surface area contributed by atoms with Crippen LogP contribution < -0.4 is 4.74 Å². The van der Waals surface area contributed by atoms with Gasteiger partial charge in [0.1, 0.15) is 5.75 Å². The lowest BCUT2D eigenvalue weighted by atomic mass is 10.1. The Kier molecular flexibility index (Phi) is 3.75. The highest BCUT2D eigenvalue weighted by Gasteiger charge is 2.15. The Bertz CT molecular complexity index is 751. The molecule has 0 atom stereocenters. The summed E-state index contributed by atoms with van der Waals surface area (Å²) in [6.45, 7) is 0. The first kappa shape index (κ1) is 13.5. The fourth-order valence-electron chi connectivity index (χ4n) is 1.89. The SMILES string of the molecule is COc1ccc(C(=O)c2nc(-c3ccccc3)ns2)cc1. The smallest absolute Gasteiger partial charge is 0.223 e. The molecule has 0 aliphatic rings. The lowest BCUT2D eigenvalue weighted by Gasteiger charge is -2.00. The molecule has 0 radical (unpaired) electrons. The average molecular weight is 296 g/mol. The van der Waals surface area contributed by atoms with E-state index in [1.54, 1.807) is 31.4 Å². The minimum atomic E-state index is -0.127. The third kappa shape index (κ3) is 2.83. The number of nitrogens with zero attached hydrogens (tertiary/aromatic N) is 2. The predicted octanol–water partition coefficient (Wildman–Crippen LogP) is 3.44. The van der Waals surface area contributed by atoms with Gasteiger partial charge in [0.05, 0.1) is 7.11 Å². The minimum Gasteiger partial charge on any atom is -0.497 e. The van der Waals surface area contributed by atoms with Crippen molar-refractivity contribution in [3.63, 3.8) is 0 Å². The van der Waals surface area contributed by atoms with Crippen LogP contribution in [0.4, 0.5) is 0 Å². The molecule has 0 aliphatic carbocycles. The van der Waals surface area contributed by atoms with Crippen molar-refractivity contribution in [3.8, 4) is 17.1 Å². The van der Waals surface area contributed by atoms with Gasteiger partial charge in [-0.25, -0.2) is 4.98 Å². The molecule has 0 saturated carbocycles. The van der Waals surface area contributed by atoms with E-state index in [9.17, 15) is 4.79 Å². The van der Waals surface area contributed by atoms with Gasteiger partial charge in [-0.15, -0.1) is 0 Å². The Labute approximate surface area is 126 Å². The molecule has 104 valence electrons. The van der Waals surface area contributed by atoms with Gasteiger partial charge in [-0.1, -0.05) is 30.3 Å². The Morgan fingerprint density at radius 2 is 1.76 bits per heavy atom. The van der Waals surface area contributed by atoms with E-state index in [0.717, 1.165) is 17.1 Å². The van der Waals surface area contributed by atoms with Gasteiger partial charge >= 0.3 is 0 Å². The van der Waals surface area contributed by atoms with E-state index in [1.165, 1.54) is 0 Å². The minimum absolute atomic E-state index is 0.127. The van der Waals surface area contributed by atoms with Crippen LogP contribution in [0.5, 0.6) is 5.75 Å². The van der Waals surface area contributed by atoms with Gasteiger partial charge in [0.2, 0.25) is 5.78 Å². The van der Waals surface area contributed by atoms with Crippen LogP contribution in [0, 0.1) is 0 Å². The maximum Gasteiger partial charge on any atom is 0.223 e. The predicted molar refractivity (Wildman–Crippen MR) is 81.8 cm³/mol. The first-order valence-electron chi connectivity index (χ1n) is 6.36. The van der Waals surface area contributed by atoms with E-state index in [2.05, 4.69) is 9.36 Å². The molecule has 5 heteroatoms. The van der Waals surface area contributed by atoms with Crippen LogP contribution in [0.1, 0.15) is 15.4 Å². The van der Waals surface area contributed by atoms with Crippen molar-refractivity contribution in [2.75, 3.05) is 7.11 Å². The molecule has 21 heavy (non-hydrogen) atoms. The molecule has 0 spiro atoms. The zero-order valence-corrected chi connectivity index (χ0v) is 12.1. The summed E-state index contributed by atoms with van der Waals surface area (Å²) in [5.41, 5.74) is 1.48. The van der Waals surface area contributed by atoms with Crippen molar-refractivity contribution in [1.29, 1.82) is 0 Å². The molecule has 0 aliphatic heterocycles. The van der Waals surface area contributed by atoms with Crippen molar-refractivity contribution in [1.82, 2.24) is 9.36 Å². The number of carbonyl (C=O) groups excluding carboxylic acids is 1. The molecule has 0 bridgehead atoms. The average Bonchev–Trinajstić information content (AvgIpc) is 3.05. The summed E-state index contributed by atoms with van der Waals surface area (Å²) < 4.78 is 9.33. The number of hydrogen-bond acceptors (Lipinski definition) is 5. The van der Waals surface area contributed by atoms with Crippen molar-refractivity contribution >= 4 is 17.3 Å². The molecule has 1 heterocycles. The van der Waals surface area contributed by atoms with Crippen molar-refractivity contribution < 1.29 is 9.53 Å². The maximum atomic E-state index is 12.4. The number of carbonyl (C=O) groups is 1. The molecule has 0 saturated heterocycles. The Morgan fingerprint density at radius 1 is 1.05 bits per heavy atom. The van der Waals surface area contributed by atoms with Crippen LogP contribution in [-0.2, 0) is 0 Å². The van der Waals surface area contributed by atoms with Gasteiger partial charge in [-0.2, -0.15) is 4.37 Å². The monoisotopic (exact) mass is 296 g/mol. The highest BCUT2D eigenvalue weighted by molar-refractivity contribution is 7.08. The molecule has 0 unspecified atom stereocenters. The molecule has 0 fully saturated rings. The summed E-state index contributed by atoms with van der Waals surface area (Å²) in [7, 11) is 1.59. The van der Waals surface area contributed by atoms with Crippen molar-refractivity contribution in [3.05, 3.63) is 65.2 Å². The topological polar surface area (TPSA) is 52.1 Å². The number of methoxy groups -OCH3 is 1. The van der Waals surface area contributed by atoms with Gasteiger partial charge in [-0.05, 0) is 35.8 Å². The third-order valence-electron chi connectivity index (χ3n) is 3.00. The second-order valence-corrected chi connectivity index (χ2v) is 5.10. The Balaban J connectivity index is 1.87. The lowest BCUT2D eigenvalue weighted by molar-refractivity contribution is 0.103. The zero-order valence-electron chi connectivity index (χ0n) is 11.3. The van der Waals surface area contributed by atoms with Crippen molar-refractivity contribution in [2.45, 2.75) is 0 Å². The van der Waals surface area contributed by atoms with E-state index in [1.807, 2.05) is 30.3 Å². The van der Waals surface area contributed by atoms with Gasteiger partial charge in [0.25, 0.3) is 0 Å². The number of ether oxygens (including phenoxy) is 1. The quantitative estimate of drug-likeness (QED) is 0.692. The molecular weight excluding hydrogens is 284 g/mol. The van der Waals surface area contributed by atoms with E-state index >= 15 is 0 Å². The van der Waals surface area contributed by atoms with Crippen LogP contribution in [0.15, 0.2) is 54.6 Å². The van der Waals surface area contributed by atoms with E-state index in [0.29, 0.717) is 22.1 Å². The van der Waals surface area contributed by atoms with E-state index < -0.39 is 0 Å². The van der Waals surface area contributed by atoms with Crippen LogP contribution in [0.2, 0.25) is 0 Å². The number of hydrogen-bond donors (Lipinski definition) is 0. The second kappa shape index (κ2) is 5.85. The molecular formula is C16H12N2O2S. The summed E-state index contributed by atoms with van der Waals surface area (Å²) >= 11 is 1.12. The van der Waals surface area contributed by atoms with Gasteiger partial charge < -0.3 is 4.74 Å². The van der Waals surface area contributed by atoms with Crippen LogP contribution in [0.3, 0.4) is 0 Å². The molecule has 0 amide bonds. The fourth-order valence-corrected chi connectivity index (χ4v) is 2.53. The molecule has 0 N–H and O–H groups in total. The number of aromatic nitrogens is 2. The molecule has 3 rings (SSSR count). The van der Waals surface area contributed by atoms with Crippen LogP contribution in [-0.4, -0.2) is 22.3 Å². The highest BCUT2D eigenvalue weighted by Crippen LogP contribution is 2.20. The maximum absolute atomic E-state index is 12.4. The third-order valence-corrected chi connectivity index (χ3v) is 3.72. The van der Waals surface area contributed by atoms with Gasteiger partial charge in [0, 0.05) is 11.1 Å². The normalized spacial score (nSPS) is 10.3. The summed E-state index contributed by atoms with van der Waals surface area (Å²) in [5, 5.41) is 0.388. The van der Waals surface area contributed by atoms with Crippen LogP contribution >= 0.6 is 11.5 Å². The van der Waals surface area contributed by atoms with Crippen LogP contribution in [0.25, 0.3) is 11.4 Å². The molecule has 1 aromatic heterocycles. The van der Waals surface area contributed by atoms with E-state index in [-0.39, 0.29) is 5.78 Å². The zero-order chi connectivity index (χ0) is 14.7. The van der Waals surface area contributed by atoms with Gasteiger partial charge in [-0.3, -0.25) is 4.79 Å². The summed E-state index contributed by atoms with van der Waals surface area (Å²) in [4.78, 5) is 16.7. The summed E-state index contributed by atoms with van der Waals surface area (Å²) in [6.07, 6.45) is 0. The van der Waals surface area contributed by atoms with E-state index in [4.69, 9.17) is 4.74 Å². The Hall–Kier alpha value is -2.53.